The van der Waals surface area contributed by atoms with Crippen LogP contribution in [0.4, 0.5) is 10.1 Å². The van der Waals surface area contributed by atoms with Crippen LogP contribution in [0.15, 0.2) is 53.6 Å². The highest BCUT2D eigenvalue weighted by atomic mass is 19.1. The summed E-state index contributed by atoms with van der Waals surface area (Å²) >= 11 is 0. The van der Waals surface area contributed by atoms with Crippen molar-refractivity contribution in [1.29, 1.82) is 0 Å². The lowest BCUT2D eigenvalue weighted by Crippen LogP contribution is -2.28. The van der Waals surface area contributed by atoms with Gasteiger partial charge in [0.2, 0.25) is 5.91 Å². The topological polar surface area (TPSA) is 94.7 Å². The maximum Gasteiger partial charge on any atom is 0.284 e. The van der Waals surface area contributed by atoms with E-state index in [0.717, 1.165) is 11.1 Å². The van der Waals surface area contributed by atoms with E-state index in [-0.39, 0.29) is 29.4 Å². The molecule has 0 saturated carbocycles. The van der Waals surface area contributed by atoms with E-state index in [9.17, 15) is 14.0 Å². The average molecular weight is 392 g/mol. The zero-order chi connectivity index (χ0) is 20.5. The number of fused-ring (bicyclic) bond motifs is 1. The van der Waals surface area contributed by atoms with E-state index in [1.807, 2.05) is 32.0 Å². The van der Waals surface area contributed by atoms with Gasteiger partial charge in [-0.2, -0.15) is 4.68 Å². The van der Waals surface area contributed by atoms with Gasteiger partial charge < -0.3 is 5.32 Å². The van der Waals surface area contributed by atoms with Gasteiger partial charge in [-0.05, 0) is 49.7 Å². The molecule has 9 heteroatoms. The Morgan fingerprint density at radius 3 is 2.62 bits per heavy atom. The fraction of sp³-hybridized carbons (Fsp3) is 0.150. The van der Waals surface area contributed by atoms with Crippen LogP contribution in [0.1, 0.15) is 11.1 Å². The van der Waals surface area contributed by atoms with E-state index in [1.54, 1.807) is 0 Å². The van der Waals surface area contributed by atoms with Crippen molar-refractivity contribution in [1.82, 2.24) is 24.5 Å². The second-order valence-corrected chi connectivity index (χ2v) is 6.69. The van der Waals surface area contributed by atoms with E-state index in [4.69, 9.17) is 0 Å². The molecule has 146 valence electrons. The number of benzene rings is 2. The zero-order valence-electron chi connectivity index (χ0n) is 15.8. The summed E-state index contributed by atoms with van der Waals surface area (Å²) in [4.78, 5) is 29.3. The number of anilines is 1. The Hall–Kier alpha value is -3.88. The molecule has 0 aliphatic heterocycles. The molecule has 0 unspecified atom stereocenters. The smallest absolute Gasteiger partial charge is 0.284 e. The Kier molecular flexibility index (Phi) is 4.63. The molecule has 0 atom stereocenters. The first-order valence-corrected chi connectivity index (χ1v) is 8.86. The van der Waals surface area contributed by atoms with Crippen LogP contribution in [0.5, 0.6) is 0 Å². The maximum absolute atomic E-state index is 13.1. The number of carbonyl (C=O) groups is 1. The number of halogens is 1. The predicted molar refractivity (Wildman–Crippen MR) is 105 cm³/mol. The molecule has 8 nitrogen and oxygen atoms in total. The molecule has 0 radical (unpaired) electrons. The number of rotatable bonds is 4. The molecule has 2 aromatic heterocycles. The van der Waals surface area contributed by atoms with Gasteiger partial charge in [-0.3, -0.25) is 14.2 Å². The second kappa shape index (κ2) is 7.27. The minimum Gasteiger partial charge on any atom is -0.324 e. The zero-order valence-corrected chi connectivity index (χ0v) is 15.8. The highest BCUT2D eigenvalue weighted by molar-refractivity contribution is 5.91. The monoisotopic (exact) mass is 392 g/mol. The van der Waals surface area contributed by atoms with Crippen LogP contribution in [0.2, 0.25) is 0 Å². The summed E-state index contributed by atoms with van der Waals surface area (Å²) in [5.41, 5.74) is 3.00. The summed E-state index contributed by atoms with van der Waals surface area (Å²) < 4.78 is 15.6. The summed E-state index contributed by atoms with van der Waals surface area (Å²) in [5.74, 6) is -0.741. The van der Waals surface area contributed by atoms with Gasteiger partial charge in [-0.1, -0.05) is 22.9 Å². The van der Waals surface area contributed by atoms with Crippen molar-refractivity contribution < 1.29 is 9.18 Å². The normalized spacial score (nSPS) is 11.0. The number of aryl methyl sites for hydroxylation is 2. The number of hydrogen-bond donors (Lipinski definition) is 1. The Morgan fingerprint density at radius 2 is 1.90 bits per heavy atom. The molecule has 0 saturated heterocycles. The highest BCUT2D eigenvalue weighted by Crippen LogP contribution is 2.16. The summed E-state index contributed by atoms with van der Waals surface area (Å²) in [6, 6.07) is 11.3. The van der Waals surface area contributed by atoms with E-state index in [0.29, 0.717) is 11.4 Å². The molecule has 0 fully saturated rings. The van der Waals surface area contributed by atoms with Gasteiger partial charge in [0.25, 0.3) is 5.56 Å². The van der Waals surface area contributed by atoms with Crippen LogP contribution in [-0.4, -0.2) is 30.5 Å². The molecule has 29 heavy (non-hydrogen) atoms. The third-order valence-corrected chi connectivity index (χ3v) is 4.47. The molecule has 0 aliphatic carbocycles. The maximum atomic E-state index is 13.1. The standard InChI is InChI=1S/C20H17FN6O2/c1-12-3-8-16(13(2)9-12)23-17(28)10-26-11-22-19-18(20(26)29)24-25-27(19)15-6-4-14(21)5-7-15/h3-9,11H,10H2,1-2H3,(H,23,28). The summed E-state index contributed by atoms with van der Waals surface area (Å²) in [6.45, 7) is 3.66. The van der Waals surface area contributed by atoms with Crippen LogP contribution < -0.4 is 10.9 Å². The Bertz CT molecular complexity index is 1280. The molecule has 1 N–H and O–H groups in total. The molecule has 0 spiro atoms. The summed E-state index contributed by atoms with van der Waals surface area (Å²) in [7, 11) is 0. The number of carbonyl (C=O) groups excluding carboxylic acids is 1. The van der Waals surface area contributed by atoms with Crippen LogP contribution in [0.25, 0.3) is 16.9 Å². The molecular formula is C20H17FN6O2. The summed E-state index contributed by atoms with van der Waals surface area (Å²) in [6.07, 6.45) is 1.27. The number of hydrogen-bond acceptors (Lipinski definition) is 5. The lowest BCUT2D eigenvalue weighted by atomic mass is 10.1. The van der Waals surface area contributed by atoms with Crippen molar-refractivity contribution in [2.75, 3.05) is 5.32 Å². The van der Waals surface area contributed by atoms with Gasteiger partial charge in [0.15, 0.2) is 11.2 Å². The minimum absolute atomic E-state index is 0.0242. The van der Waals surface area contributed by atoms with E-state index >= 15 is 0 Å². The largest absolute Gasteiger partial charge is 0.324 e. The number of amides is 1. The van der Waals surface area contributed by atoms with Gasteiger partial charge in [-0.25, -0.2) is 9.37 Å². The first-order valence-electron chi connectivity index (χ1n) is 8.86. The molecule has 2 aromatic carbocycles. The molecule has 2 heterocycles. The fourth-order valence-electron chi connectivity index (χ4n) is 3.01. The van der Waals surface area contributed by atoms with Gasteiger partial charge in [0.1, 0.15) is 18.7 Å². The lowest BCUT2D eigenvalue weighted by Gasteiger charge is -2.10. The van der Waals surface area contributed by atoms with Crippen molar-refractivity contribution in [2.45, 2.75) is 20.4 Å². The molecule has 0 aliphatic rings. The van der Waals surface area contributed by atoms with Gasteiger partial charge in [0, 0.05) is 5.69 Å². The third kappa shape index (κ3) is 3.62. The molecular weight excluding hydrogens is 375 g/mol. The second-order valence-electron chi connectivity index (χ2n) is 6.69. The van der Waals surface area contributed by atoms with Crippen LogP contribution in [0, 0.1) is 19.7 Å². The lowest BCUT2D eigenvalue weighted by molar-refractivity contribution is -0.116. The van der Waals surface area contributed by atoms with Gasteiger partial charge in [-0.15, -0.1) is 5.10 Å². The predicted octanol–water partition coefficient (Wildman–Crippen LogP) is 2.37. The minimum atomic E-state index is -0.487. The molecule has 0 bridgehead atoms. The Morgan fingerprint density at radius 1 is 1.14 bits per heavy atom. The highest BCUT2D eigenvalue weighted by Gasteiger charge is 2.15. The van der Waals surface area contributed by atoms with Gasteiger partial charge >= 0.3 is 0 Å². The van der Waals surface area contributed by atoms with Crippen molar-refractivity contribution in [2.24, 2.45) is 0 Å². The number of nitrogens with zero attached hydrogens (tertiary/aromatic N) is 5. The van der Waals surface area contributed by atoms with E-state index < -0.39 is 5.56 Å². The average Bonchev–Trinajstić information content (AvgIpc) is 3.12. The van der Waals surface area contributed by atoms with Crippen molar-refractivity contribution in [3.63, 3.8) is 0 Å². The van der Waals surface area contributed by atoms with Crippen molar-refractivity contribution in [3.05, 3.63) is 76.1 Å². The molecule has 1 amide bonds. The summed E-state index contributed by atoms with van der Waals surface area (Å²) in [5, 5.41) is 10.6. The Balaban J connectivity index is 1.60. The number of nitrogens with one attached hydrogen (secondary N) is 1. The first kappa shape index (κ1) is 18.5. The Labute approximate surface area is 164 Å². The van der Waals surface area contributed by atoms with Crippen LogP contribution in [0.3, 0.4) is 0 Å². The molecule has 4 aromatic rings. The van der Waals surface area contributed by atoms with Crippen LogP contribution in [-0.2, 0) is 11.3 Å². The van der Waals surface area contributed by atoms with Crippen molar-refractivity contribution >= 4 is 22.8 Å². The molecule has 4 rings (SSSR count). The van der Waals surface area contributed by atoms with Crippen LogP contribution >= 0.6 is 0 Å². The van der Waals surface area contributed by atoms with E-state index in [2.05, 4.69) is 20.6 Å². The van der Waals surface area contributed by atoms with Gasteiger partial charge in [0.05, 0.1) is 5.69 Å². The first-order chi connectivity index (χ1) is 13.9. The van der Waals surface area contributed by atoms with E-state index in [1.165, 1.54) is 39.8 Å². The van der Waals surface area contributed by atoms with Crippen molar-refractivity contribution in [3.8, 4) is 5.69 Å². The quantitative estimate of drug-likeness (QED) is 0.575. The number of aromatic nitrogens is 5. The fourth-order valence-corrected chi connectivity index (χ4v) is 3.01. The SMILES string of the molecule is Cc1ccc(NC(=O)Cn2cnc3c(nnn3-c3ccc(F)cc3)c2=O)c(C)c1. The third-order valence-electron chi connectivity index (χ3n) is 4.47.